The molecular formula is C18H28N2S. The van der Waals surface area contributed by atoms with Crippen molar-refractivity contribution in [2.45, 2.75) is 49.9 Å². The van der Waals surface area contributed by atoms with Gasteiger partial charge >= 0.3 is 0 Å². The van der Waals surface area contributed by atoms with E-state index in [1.165, 1.54) is 43.7 Å². The number of piperazine rings is 1. The summed E-state index contributed by atoms with van der Waals surface area (Å²) in [7, 11) is 0. The first-order valence-corrected chi connectivity index (χ1v) is 9.53. The van der Waals surface area contributed by atoms with Crippen LogP contribution < -0.4 is 5.32 Å². The predicted molar refractivity (Wildman–Crippen MR) is 93.1 cm³/mol. The van der Waals surface area contributed by atoms with E-state index < -0.39 is 0 Å². The zero-order valence-electron chi connectivity index (χ0n) is 13.1. The molecule has 21 heavy (non-hydrogen) atoms. The van der Waals surface area contributed by atoms with Crippen molar-refractivity contribution in [3.8, 4) is 0 Å². The fourth-order valence-corrected chi connectivity index (χ4v) is 4.99. The molecule has 2 fully saturated rings. The van der Waals surface area contributed by atoms with Crippen LogP contribution in [0.1, 0.15) is 31.7 Å². The smallest absolute Gasteiger partial charge is 0.0236 e. The van der Waals surface area contributed by atoms with Crippen LogP contribution in [0.15, 0.2) is 30.3 Å². The third-order valence-corrected chi connectivity index (χ3v) is 6.12. The minimum atomic E-state index is 0.624. The van der Waals surface area contributed by atoms with E-state index in [-0.39, 0.29) is 0 Å². The Hall–Kier alpha value is -0.510. The summed E-state index contributed by atoms with van der Waals surface area (Å²) in [5.74, 6) is 1.27. The minimum Gasteiger partial charge on any atom is -0.311 e. The number of hydrogen-bond acceptors (Lipinski definition) is 3. The Balaban J connectivity index is 1.52. The van der Waals surface area contributed by atoms with Gasteiger partial charge in [0.25, 0.3) is 0 Å². The number of benzene rings is 1. The molecule has 0 radical (unpaired) electrons. The van der Waals surface area contributed by atoms with E-state index in [1.807, 2.05) is 0 Å². The van der Waals surface area contributed by atoms with Crippen LogP contribution in [0.25, 0.3) is 0 Å². The molecule has 1 aromatic carbocycles. The van der Waals surface area contributed by atoms with Crippen LogP contribution in [0.4, 0.5) is 0 Å². The largest absolute Gasteiger partial charge is 0.311 e. The molecule has 1 aliphatic carbocycles. The minimum absolute atomic E-state index is 0.624. The summed E-state index contributed by atoms with van der Waals surface area (Å²) in [5.41, 5.74) is 1.46. The molecule has 1 aliphatic heterocycles. The number of rotatable bonds is 5. The van der Waals surface area contributed by atoms with E-state index in [4.69, 9.17) is 0 Å². The van der Waals surface area contributed by atoms with E-state index in [0.29, 0.717) is 6.04 Å². The molecule has 1 saturated carbocycles. The lowest BCUT2D eigenvalue weighted by molar-refractivity contribution is 0.145. The van der Waals surface area contributed by atoms with Crippen LogP contribution in [0.3, 0.4) is 0 Å². The summed E-state index contributed by atoms with van der Waals surface area (Å²) in [6, 6.07) is 12.4. The molecule has 3 heteroatoms. The Kier molecular flexibility index (Phi) is 5.61. The quantitative estimate of drug-likeness (QED) is 0.899. The highest BCUT2D eigenvalue weighted by Gasteiger charge is 2.31. The van der Waals surface area contributed by atoms with E-state index in [2.05, 4.69) is 59.2 Å². The highest BCUT2D eigenvalue weighted by Crippen LogP contribution is 2.33. The lowest BCUT2D eigenvalue weighted by atomic mass is 10.0. The van der Waals surface area contributed by atoms with Gasteiger partial charge in [0.15, 0.2) is 0 Å². The van der Waals surface area contributed by atoms with Crippen molar-refractivity contribution in [2.24, 2.45) is 0 Å². The second-order valence-corrected chi connectivity index (χ2v) is 7.96. The summed E-state index contributed by atoms with van der Waals surface area (Å²) < 4.78 is 0. The summed E-state index contributed by atoms with van der Waals surface area (Å²) in [6.07, 6.45) is 5.42. The number of nitrogens with zero attached hydrogens (tertiary/aromatic N) is 1. The topological polar surface area (TPSA) is 15.3 Å². The van der Waals surface area contributed by atoms with Gasteiger partial charge in [-0.25, -0.2) is 0 Å². The Morgan fingerprint density at radius 3 is 2.90 bits per heavy atom. The van der Waals surface area contributed by atoms with Gasteiger partial charge in [0.05, 0.1) is 0 Å². The summed E-state index contributed by atoms with van der Waals surface area (Å²) in [5, 5.41) is 4.63. The first-order valence-electron chi connectivity index (χ1n) is 8.48. The molecule has 3 atom stereocenters. The van der Waals surface area contributed by atoms with Crippen molar-refractivity contribution in [3.63, 3.8) is 0 Å². The summed E-state index contributed by atoms with van der Waals surface area (Å²) in [6.45, 7) is 5.90. The maximum Gasteiger partial charge on any atom is 0.0236 e. The molecule has 0 aromatic heterocycles. The molecule has 1 N–H and O–H groups in total. The fourth-order valence-electron chi connectivity index (χ4n) is 3.85. The lowest BCUT2D eigenvalue weighted by Crippen LogP contribution is -2.54. The Morgan fingerprint density at radius 1 is 1.24 bits per heavy atom. The first-order chi connectivity index (χ1) is 10.3. The van der Waals surface area contributed by atoms with Gasteiger partial charge in [-0.1, -0.05) is 37.3 Å². The molecule has 1 aromatic rings. The average Bonchev–Trinajstić information content (AvgIpc) is 2.98. The van der Waals surface area contributed by atoms with Gasteiger partial charge < -0.3 is 5.32 Å². The Bertz CT molecular complexity index is 422. The summed E-state index contributed by atoms with van der Waals surface area (Å²) >= 11 is 2.17. The van der Waals surface area contributed by atoms with Gasteiger partial charge in [0.1, 0.15) is 0 Å². The molecule has 116 valence electrons. The monoisotopic (exact) mass is 304 g/mol. The average molecular weight is 305 g/mol. The standard InChI is InChI=1S/C18H28N2S/c1-2-21-18-9-8-17(13-18)20-11-10-19-16(14-20)12-15-6-4-3-5-7-15/h3-7,16-19H,2,8-14H2,1H3. The second-order valence-electron chi connectivity index (χ2n) is 6.38. The molecule has 0 bridgehead atoms. The maximum absolute atomic E-state index is 3.71. The van der Waals surface area contributed by atoms with Crippen molar-refractivity contribution in [1.82, 2.24) is 10.2 Å². The molecular weight excluding hydrogens is 276 g/mol. The van der Waals surface area contributed by atoms with Crippen LogP contribution in [-0.2, 0) is 6.42 Å². The van der Waals surface area contributed by atoms with E-state index in [0.717, 1.165) is 24.3 Å². The van der Waals surface area contributed by atoms with Gasteiger partial charge in [-0.15, -0.1) is 0 Å². The zero-order valence-corrected chi connectivity index (χ0v) is 13.9. The van der Waals surface area contributed by atoms with Crippen LogP contribution in [0.5, 0.6) is 0 Å². The number of thioether (sulfide) groups is 1. The van der Waals surface area contributed by atoms with E-state index >= 15 is 0 Å². The van der Waals surface area contributed by atoms with Crippen molar-refractivity contribution >= 4 is 11.8 Å². The maximum atomic E-state index is 3.71. The Labute approximate surface area is 133 Å². The van der Waals surface area contributed by atoms with E-state index in [9.17, 15) is 0 Å². The van der Waals surface area contributed by atoms with Gasteiger partial charge in [0.2, 0.25) is 0 Å². The van der Waals surface area contributed by atoms with Crippen molar-refractivity contribution in [3.05, 3.63) is 35.9 Å². The van der Waals surface area contributed by atoms with Crippen LogP contribution in [0, 0.1) is 0 Å². The SMILES string of the molecule is CCSC1CCC(N2CCNC(Cc3ccccc3)C2)C1. The lowest BCUT2D eigenvalue weighted by Gasteiger charge is -2.37. The third-order valence-electron chi connectivity index (χ3n) is 4.89. The Morgan fingerprint density at radius 2 is 2.10 bits per heavy atom. The van der Waals surface area contributed by atoms with Gasteiger partial charge in [-0.3, -0.25) is 4.90 Å². The number of hydrogen-bond donors (Lipinski definition) is 1. The van der Waals surface area contributed by atoms with Crippen LogP contribution >= 0.6 is 11.8 Å². The van der Waals surface area contributed by atoms with Crippen molar-refractivity contribution in [2.75, 3.05) is 25.4 Å². The zero-order chi connectivity index (χ0) is 14.5. The van der Waals surface area contributed by atoms with Gasteiger partial charge in [-0.05, 0) is 37.0 Å². The third kappa shape index (κ3) is 4.24. The van der Waals surface area contributed by atoms with Crippen molar-refractivity contribution < 1.29 is 0 Å². The highest BCUT2D eigenvalue weighted by molar-refractivity contribution is 7.99. The molecule has 1 heterocycles. The molecule has 2 nitrogen and oxygen atoms in total. The molecule has 3 unspecified atom stereocenters. The van der Waals surface area contributed by atoms with Gasteiger partial charge in [-0.2, -0.15) is 11.8 Å². The van der Waals surface area contributed by atoms with Crippen LogP contribution in [0.2, 0.25) is 0 Å². The molecule has 3 rings (SSSR count). The normalized spacial score (nSPS) is 30.6. The van der Waals surface area contributed by atoms with E-state index in [1.54, 1.807) is 0 Å². The number of nitrogens with one attached hydrogen (secondary N) is 1. The van der Waals surface area contributed by atoms with Crippen LogP contribution in [-0.4, -0.2) is 47.6 Å². The highest BCUT2D eigenvalue weighted by atomic mass is 32.2. The summed E-state index contributed by atoms with van der Waals surface area (Å²) in [4.78, 5) is 2.76. The molecule has 0 amide bonds. The molecule has 1 saturated heterocycles. The molecule has 0 spiro atoms. The second kappa shape index (κ2) is 7.66. The first kappa shape index (κ1) is 15.4. The van der Waals surface area contributed by atoms with Crippen molar-refractivity contribution in [1.29, 1.82) is 0 Å². The molecule has 2 aliphatic rings. The fraction of sp³-hybridized carbons (Fsp3) is 0.667. The van der Waals surface area contributed by atoms with Gasteiger partial charge in [0, 0.05) is 37.0 Å². The predicted octanol–water partition coefficient (Wildman–Crippen LogP) is 3.18.